The number of carbonyl (C=O) groups is 2. The zero-order chi connectivity index (χ0) is 25.0. The summed E-state index contributed by atoms with van der Waals surface area (Å²) in [6, 6.07) is 1.08. The Balaban J connectivity index is 1.30. The van der Waals surface area contributed by atoms with Crippen LogP contribution in [0.5, 0.6) is 0 Å². The zero-order valence-corrected chi connectivity index (χ0v) is 19.4. The van der Waals surface area contributed by atoms with Gasteiger partial charge in [-0.15, -0.1) is 11.3 Å². The fourth-order valence-corrected chi connectivity index (χ4v) is 4.91. The van der Waals surface area contributed by atoms with E-state index >= 15 is 0 Å². The van der Waals surface area contributed by atoms with Crippen molar-refractivity contribution >= 4 is 34.5 Å². The van der Waals surface area contributed by atoms with Crippen LogP contribution in [0.25, 0.3) is 5.52 Å². The van der Waals surface area contributed by atoms with Crippen molar-refractivity contribution in [1.82, 2.24) is 24.7 Å². The third kappa shape index (κ3) is 3.95. The smallest absolute Gasteiger partial charge is 0.358 e. The van der Waals surface area contributed by atoms with Crippen LogP contribution in [0.15, 0.2) is 40.8 Å². The first kappa shape index (κ1) is 23.0. The van der Waals surface area contributed by atoms with Crippen molar-refractivity contribution in [3.8, 4) is 0 Å². The molecule has 0 radical (unpaired) electrons. The lowest BCUT2D eigenvalue weighted by molar-refractivity contribution is -0.185. The van der Waals surface area contributed by atoms with E-state index in [1.54, 1.807) is 33.4 Å². The third-order valence-electron chi connectivity index (χ3n) is 6.11. The second-order valence-corrected chi connectivity index (χ2v) is 9.61. The molecule has 0 saturated carbocycles. The predicted molar refractivity (Wildman–Crippen MR) is 119 cm³/mol. The molecule has 13 heteroatoms. The average Bonchev–Trinajstić information content (AvgIpc) is 3.55. The fourth-order valence-electron chi connectivity index (χ4n) is 3.81. The minimum absolute atomic E-state index is 0.100. The van der Waals surface area contributed by atoms with Crippen LogP contribution in [-0.4, -0.2) is 49.2 Å². The Morgan fingerprint density at radius 1 is 1.20 bits per heavy atom. The molecule has 2 amide bonds. The highest BCUT2D eigenvalue weighted by molar-refractivity contribution is 7.10. The van der Waals surface area contributed by atoms with Crippen LogP contribution in [0, 0.1) is 0 Å². The normalized spacial score (nSPS) is 14.3. The molecule has 5 heterocycles. The molecule has 0 atom stereocenters. The molecule has 1 aliphatic heterocycles. The van der Waals surface area contributed by atoms with Gasteiger partial charge in [-0.3, -0.25) is 14.6 Å². The molecule has 4 aromatic rings. The minimum Gasteiger partial charge on any atom is -0.358 e. The van der Waals surface area contributed by atoms with Gasteiger partial charge in [0.1, 0.15) is 5.41 Å². The summed E-state index contributed by atoms with van der Waals surface area (Å²) in [6.45, 7) is 2.68. The topological polar surface area (TPSA) is 106 Å². The van der Waals surface area contributed by atoms with Crippen LogP contribution in [0.1, 0.15) is 50.8 Å². The summed E-state index contributed by atoms with van der Waals surface area (Å²) in [5.74, 6) is -1.18. The number of nitrogens with one attached hydrogen (secondary N) is 1. The molecule has 0 saturated heterocycles. The molecule has 0 unspecified atom stereocenters. The maximum Gasteiger partial charge on any atom is 0.401 e. The SMILES string of the molecule is CC(C)(c1cc(NC(=O)c2csc3c2CCN(C(=O)c2cnn4ccncc24)C3)no1)C(F)(F)F. The van der Waals surface area contributed by atoms with Gasteiger partial charge in [0.2, 0.25) is 0 Å². The number of carbonyl (C=O) groups excluding carboxylic acids is 2. The van der Waals surface area contributed by atoms with E-state index in [9.17, 15) is 22.8 Å². The van der Waals surface area contributed by atoms with Gasteiger partial charge in [-0.1, -0.05) is 5.16 Å². The molecule has 182 valence electrons. The summed E-state index contributed by atoms with van der Waals surface area (Å²) < 4.78 is 46.2. The third-order valence-corrected chi connectivity index (χ3v) is 7.12. The highest BCUT2D eigenvalue weighted by Crippen LogP contribution is 2.41. The number of alkyl halides is 3. The molecule has 0 aromatic carbocycles. The summed E-state index contributed by atoms with van der Waals surface area (Å²) in [4.78, 5) is 32.5. The lowest BCUT2D eigenvalue weighted by Gasteiger charge is -2.27. The average molecular weight is 504 g/mol. The number of anilines is 1. The predicted octanol–water partition coefficient (Wildman–Crippen LogP) is 4.07. The standard InChI is InChI=1S/C22H19F3N6O3S/c1-21(2,22(23,24)25)17-7-18(29-34-17)28-19(32)14-11-35-16-10-30(5-3-12(14)16)20(33)13-8-27-31-6-4-26-9-15(13)31/h4,6-9,11H,3,5,10H2,1-2H3,(H,28,29,32). The Bertz CT molecular complexity index is 1440. The molecular formula is C22H19F3N6O3S. The fraction of sp³-hybridized carbons (Fsp3) is 0.318. The highest BCUT2D eigenvalue weighted by Gasteiger charge is 2.51. The van der Waals surface area contributed by atoms with Gasteiger partial charge in [-0.05, 0) is 25.8 Å². The van der Waals surface area contributed by atoms with Crippen LogP contribution < -0.4 is 5.32 Å². The molecule has 9 nitrogen and oxygen atoms in total. The molecule has 1 aliphatic rings. The van der Waals surface area contributed by atoms with Crippen molar-refractivity contribution in [1.29, 1.82) is 0 Å². The number of fused-ring (bicyclic) bond motifs is 2. The molecule has 0 fully saturated rings. The second kappa shape index (κ2) is 8.18. The quantitative estimate of drug-likeness (QED) is 0.449. The van der Waals surface area contributed by atoms with E-state index in [0.717, 1.165) is 30.4 Å². The minimum atomic E-state index is -4.54. The number of aromatic nitrogens is 4. The summed E-state index contributed by atoms with van der Waals surface area (Å²) in [6.07, 6.45) is 2.24. The van der Waals surface area contributed by atoms with Gasteiger partial charge in [0.05, 0.1) is 35.6 Å². The molecular weight excluding hydrogens is 485 g/mol. The molecule has 35 heavy (non-hydrogen) atoms. The monoisotopic (exact) mass is 504 g/mol. The van der Waals surface area contributed by atoms with Gasteiger partial charge >= 0.3 is 6.18 Å². The van der Waals surface area contributed by atoms with Crippen molar-refractivity contribution in [3.63, 3.8) is 0 Å². The maximum absolute atomic E-state index is 13.2. The Labute approximate surface area is 200 Å². The Hall–Kier alpha value is -3.74. The van der Waals surface area contributed by atoms with Crippen molar-refractivity contribution in [3.05, 3.63) is 63.6 Å². The van der Waals surface area contributed by atoms with E-state index in [-0.39, 0.29) is 11.7 Å². The first-order valence-corrected chi connectivity index (χ1v) is 11.5. The zero-order valence-electron chi connectivity index (χ0n) is 18.6. The van der Waals surface area contributed by atoms with E-state index < -0.39 is 23.3 Å². The van der Waals surface area contributed by atoms with E-state index in [0.29, 0.717) is 36.2 Å². The summed E-state index contributed by atoms with van der Waals surface area (Å²) in [5, 5.41) is 11.9. The molecule has 0 aliphatic carbocycles. The molecule has 4 aromatic heterocycles. The van der Waals surface area contributed by atoms with Crippen molar-refractivity contribution in [2.24, 2.45) is 0 Å². The van der Waals surface area contributed by atoms with E-state index in [1.165, 1.54) is 17.5 Å². The van der Waals surface area contributed by atoms with Crippen LogP contribution in [0.4, 0.5) is 19.0 Å². The second-order valence-electron chi connectivity index (χ2n) is 8.65. The van der Waals surface area contributed by atoms with Gasteiger partial charge in [0.15, 0.2) is 11.6 Å². The lowest BCUT2D eigenvalue weighted by atomic mass is 9.89. The van der Waals surface area contributed by atoms with Crippen LogP contribution in [0.3, 0.4) is 0 Å². The van der Waals surface area contributed by atoms with Crippen molar-refractivity contribution < 1.29 is 27.3 Å². The highest BCUT2D eigenvalue weighted by atomic mass is 32.1. The molecule has 1 N–H and O–H groups in total. The number of amides is 2. The number of hydrogen-bond acceptors (Lipinski definition) is 7. The van der Waals surface area contributed by atoms with Crippen LogP contribution in [-0.2, 0) is 18.4 Å². The maximum atomic E-state index is 13.2. The summed E-state index contributed by atoms with van der Waals surface area (Å²) in [5.41, 5.74) is 0.00159. The van der Waals surface area contributed by atoms with Crippen molar-refractivity contribution in [2.45, 2.75) is 38.4 Å². The van der Waals surface area contributed by atoms with Gasteiger partial charge in [0.25, 0.3) is 11.8 Å². The lowest BCUT2D eigenvalue weighted by Crippen LogP contribution is -2.36. The van der Waals surface area contributed by atoms with E-state index in [4.69, 9.17) is 4.52 Å². The Morgan fingerprint density at radius 2 is 2.00 bits per heavy atom. The van der Waals surface area contributed by atoms with Crippen molar-refractivity contribution in [2.75, 3.05) is 11.9 Å². The largest absolute Gasteiger partial charge is 0.401 e. The molecule has 0 spiro atoms. The number of nitrogens with zero attached hydrogens (tertiary/aromatic N) is 5. The number of thiophene rings is 1. The van der Waals surface area contributed by atoms with Gasteiger partial charge in [0, 0.05) is 35.3 Å². The van der Waals surface area contributed by atoms with E-state index in [2.05, 4.69) is 20.6 Å². The molecule has 5 rings (SSSR count). The van der Waals surface area contributed by atoms with E-state index in [1.807, 2.05) is 0 Å². The van der Waals surface area contributed by atoms with Crippen LogP contribution in [0.2, 0.25) is 0 Å². The number of halogens is 3. The van der Waals surface area contributed by atoms with Crippen LogP contribution >= 0.6 is 11.3 Å². The Kier molecular flexibility index (Phi) is 5.38. The number of hydrogen-bond donors (Lipinski definition) is 1. The summed E-state index contributed by atoms with van der Waals surface area (Å²) in [7, 11) is 0. The first-order chi connectivity index (χ1) is 16.6. The molecule has 0 bridgehead atoms. The summed E-state index contributed by atoms with van der Waals surface area (Å²) >= 11 is 1.35. The first-order valence-electron chi connectivity index (χ1n) is 10.6. The Morgan fingerprint density at radius 3 is 2.77 bits per heavy atom. The van der Waals surface area contributed by atoms with Gasteiger partial charge in [-0.2, -0.15) is 18.3 Å². The van der Waals surface area contributed by atoms with Gasteiger partial charge in [-0.25, -0.2) is 4.52 Å². The number of rotatable bonds is 4. The van der Waals surface area contributed by atoms with Gasteiger partial charge < -0.3 is 14.7 Å².